The number of rotatable bonds is 8. The minimum Gasteiger partial charge on any atom is -0.436 e. The molecule has 3 rings (SSSR count). The molecule has 1 aromatic carbocycles. The molecule has 7 nitrogen and oxygen atoms in total. The topological polar surface area (TPSA) is 91.7 Å². The summed E-state index contributed by atoms with van der Waals surface area (Å²) in [5, 5.41) is 12.1. The predicted octanol–water partition coefficient (Wildman–Crippen LogP) is 3.44. The Hall–Kier alpha value is -2.59. The third-order valence-corrected chi connectivity index (χ3v) is 6.13. The van der Waals surface area contributed by atoms with Gasteiger partial charge in [-0.2, -0.15) is 5.26 Å². The zero-order valence-electron chi connectivity index (χ0n) is 18.1. The van der Waals surface area contributed by atoms with E-state index in [4.69, 9.17) is 9.47 Å². The molecule has 0 bridgehead atoms. The van der Waals surface area contributed by atoms with E-state index in [1.807, 2.05) is 30.3 Å². The number of nitriles is 1. The molecule has 1 aliphatic carbocycles. The Bertz CT molecular complexity index is 737. The standard InChI is InChI=1S/C24H33N3O4/c25-18-21(12-11-19-7-3-1-4-8-19)26-24(29)31-22(17-20-9-5-2-6-10-20)23(28)27-13-15-30-16-14-27/h1,3-4,7-8,20-22H,2,5-6,9-17H2,(H,26,29)/t21-,22-/m0/s1. The number of hydrogen-bond donors (Lipinski definition) is 1. The molecule has 2 atom stereocenters. The average molecular weight is 428 g/mol. The maximum absolute atomic E-state index is 13.1. The highest BCUT2D eigenvalue weighted by molar-refractivity contribution is 5.83. The van der Waals surface area contributed by atoms with E-state index in [0.29, 0.717) is 51.5 Å². The number of alkyl carbamates (subject to hydrolysis) is 1. The third kappa shape index (κ3) is 7.55. The van der Waals surface area contributed by atoms with Crippen LogP contribution in [0.4, 0.5) is 4.79 Å². The van der Waals surface area contributed by atoms with Gasteiger partial charge >= 0.3 is 6.09 Å². The van der Waals surface area contributed by atoms with Crippen LogP contribution in [0.25, 0.3) is 0 Å². The maximum atomic E-state index is 13.1. The van der Waals surface area contributed by atoms with Gasteiger partial charge in [-0.3, -0.25) is 4.79 Å². The molecule has 0 unspecified atom stereocenters. The van der Waals surface area contributed by atoms with Gasteiger partial charge in [-0.15, -0.1) is 0 Å². The van der Waals surface area contributed by atoms with Crippen LogP contribution >= 0.6 is 0 Å². The fourth-order valence-electron chi connectivity index (χ4n) is 4.34. The number of aryl methyl sites for hydroxylation is 1. The zero-order chi connectivity index (χ0) is 21.9. The van der Waals surface area contributed by atoms with Gasteiger partial charge in [0.25, 0.3) is 5.91 Å². The first kappa shape index (κ1) is 23.1. The van der Waals surface area contributed by atoms with Crippen LogP contribution in [0.3, 0.4) is 0 Å². The van der Waals surface area contributed by atoms with Crippen LogP contribution in [0, 0.1) is 17.2 Å². The molecule has 1 aromatic rings. The molecular formula is C24H33N3O4. The van der Waals surface area contributed by atoms with Gasteiger partial charge in [-0.25, -0.2) is 4.79 Å². The van der Waals surface area contributed by atoms with Crippen molar-refractivity contribution in [3.63, 3.8) is 0 Å². The monoisotopic (exact) mass is 427 g/mol. The van der Waals surface area contributed by atoms with E-state index in [-0.39, 0.29) is 5.91 Å². The van der Waals surface area contributed by atoms with Crippen LogP contribution in [0.15, 0.2) is 30.3 Å². The Morgan fingerprint density at radius 3 is 2.55 bits per heavy atom. The van der Waals surface area contributed by atoms with E-state index in [1.54, 1.807) is 4.90 Å². The summed E-state index contributed by atoms with van der Waals surface area (Å²) < 4.78 is 11.0. The minimum absolute atomic E-state index is 0.151. The van der Waals surface area contributed by atoms with E-state index in [9.17, 15) is 14.9 Å². The van der Waals surface area contributed by atoms with Gasteiger partial charge in [0.2, 0.25) is 0 Å². The Kier molecular flexibility index (Phi) is 9.16. The molecule has 1 aliphatic heterocycles. The number of amides is 2. The fraction of sp³-hybridized carbons (Fsp3) is 0.625. The van der Waals surface area contributed by atoms with Crippen molar-refractivity contribution < 1.29 is 19.1 Å². The Labute approximate surface area is 184 Å². The molecule has 1 N–H and O–H groups in total. The van der Waals surface area contributed by atoms with Crippen LogP contribution in [-0.4, -0.2) is 55.3 Å². The fourth-order valence-corrected chi connectivity index (χ4v) is 4.34. The van der Waals surface area contributed by atoms with E-state index in [2.05, 4.69) is 11.4 Å². The lowest BCUT2D eigenvalue weighted by atomic mass is 9.85. The van der Waals surface area contributed by atoms with Crippen LogP contribution in [-0.2, 0) is 20.7 Å². The number of carbonyl (C=O) groups excluding carboxylic acids is 2. The van der Waals surface area contributed by atoms with Crippen LogP contribution in [0.1, 0.15) is 50.5 Å². The highest BCUT2D eigenvalue weighted by Gasteiger charge is 2.32. The summed E-state index contributed by atoms with van der Waals surface area (Å²) in [7, 11) is 0. The molecule has 0 aromatic heterocycles. The highest BCUT2D eigenvalue weighted by Crippen LogP contribution is 2.28. The molecule has 2 aliphatic rings. The highest BCUT2D eigenvalue weighted by atomic mass is 16.6. The van der Waals surface area contributed by atoms with Gasteiger partial charge < -0.3 is 19.7 Å². The molecular weight excluding hydrogens is 394 g/mol. The van der Waals surface area contributed by atoms with Crippen molar-refractivity contribution in [3.8, 4) is 6.07 Å². The molecule has 2 amide bonds. The van der Waals surface area contributed by atoms with Gasteiger partial charge in [0, 0.05) is 13.1 Å². The first-order chi connectivity index (χ1) is 15.2. The molecule has 7 heteroatoms. The second-order valence-corrected chi connectivity index (χ2v) is 8.42. The second kappa shape index (κ2) is 12.3. The number of morpholine rings is 1. The lowest BCUT2D eigenvalue weighted by Gasteiger charge is -2.32. The van der Waals surface area contributed by atoms with Crippen molar-refractivity contribution in [1.82, 2.24) is 10.2 Å². The molecule has 1 heterocycles. The first-order valence-corrected chi connectivity index (χ1v) is 11.4. The number of benzene rings is 1. The van der Waals surface area contributed by atoms with Crippen molar-refractivity contribution in [2.45, 2.75) is 63.5 Å². The Morgan fingerprint density at radius 2 is 1.87 bits per heavy atom. The van der Waals surface area contributed by atoms with Gasteiger partial charge in [0.05, 0.1) is 19.3 Å². The zero-order valence-corrected chi connectivity index (χ0v) is 18.1. The summed E-state index contributed by atoms with van der Waals surface area (Å²) in [6.45, 7) is 2.04. The summed E-state index contributed by atoms with van der Waals surface area (Å²) in [5.74, 6) is 0.239. The van der Waals surface area contributed by atoms with E-state index in [0.717, 1.165) is 31.2 Å². The SMILES string of the molecule is N#C[C@H](CCc1ccccc1)NC(=O)O[C@@H](CC1CCCCC1)C(=O)N1CCOCC1. The molecule has 0 spiro atoms. The Morgan fingerprint density at radius 1 is 1.16 bits per heavy atom. The maximum Gasteiger partial charge on any atom is 0.408 e. The van der Waals surface area contributed by atoms with Crippen LogP contribution < -0.4 is 5.32 Å². The summed E-state index contributed by atoms with van der Waals surface area (Å²) in [6, 6.07) is 11.3. The van der Waals surface area contributed by atoms with Gasteiger partial charge in [0.1, 0.15) is 6.04 Å². The second-order valence-electron chi connectivity index (χ2n) is 8.42. The molecule has 31 heavy (non-hydrogen) atoms. The summed E-state index contributed by atoms with van der Waals surface area (Å²) in [6.07, 6.45) is 5.88. The van der Waals surface area contributed by atoms with Crippen molar-refractivity contribution in [2.75, 3.05) is 26.3 Å². The summed E-state index contributed by atoms with van der Waals surface area (Å²) in [4.78, 5) is 27.4. The van der Waals surface area contributed by atoms with Crippen molar-refractivity contribution in [3.05, 3.63) is 35.9 Å². The molecule has 0 radical (unpaired) electrons. The number of nitrogens with one attached hydrogen (secondary N) is 1. The van der Waals surface area contributed by atoms with Crippen molar-refractivity contribution in [1.29, 1.82) is 5.26 Å². The minimum atomic E-state index is -0.810. The number of ether oxygens (including phenoxy) is 2. The van der Waals surface area contributed by atoms with Crippen LogP contribution in [0.2, 0.25) is 0 Å². The van der Waals surface area contributed by atoms with Gasteiger partial charge in [-0.1, -0.05) is 62.4 Å². The summed E-state index contributed by atoms with van der Waals surface area (Å²) >= 11 is 0. The van der Waals surface area contributed by atoms with E-state index in [1.165, 1.54) is 6.42 Å². The van der Waals surface area contributed by atoms with Gasteiger partial charge in [-0.05, 0) is 30.7 Å². The van der Waals surface area contributed by atoms with E-state index >= 15 is 0 Å². The molecule has 1 saturated heterocycles. The molecule has 168 valence electrons. The lowest BCUT2D eigenvalue weighted by Crippen LogP contribution is -2.49. The molecule has 1 saturated carbocycles. The third-order valence-electron chi connectivity index (χ3n) is 6.13. The smallest absolute Gasteiger partial charge is 0.408 e. The number of nitrogens with zero attached hydrogens (tertiary/aromatic N) is 2. The number of hydrogen-bond acceptors (Lipinski definition) is 5. The first-order valence-electron chi connectivity index (χ1n) is 11.4. The largest absolute Gasteiger partial charge is 0.436 e. The average Bonchev–Trinajstić information content (AvgIpc) is 2.82. The van der Waals surface area contributed by atoms with Crippen molar-refractivity contribution >= 4 is 12.0 Å². The lowest BCUT2D eigenvalue weighted by molar-refractivity contribution is -0.145. The van der Waals surface area contributed by atoms with Gasteiger partial charge in [0.15, 0.2) is 6.10 Å². The van der Waals surface area contributed by atoms with Crippen molar-refractivity contribution in [2.24, 2.45) is 5.92 Å². The summed E-state index contributed by atoms with van der Waals surface area (Å²) in [5.41, 5.74) is 1.11. The normalized spacial score (nSPS) is 19.1. The number of carbonyl (C=O) groups is 2. The quantitative estimate of drug-likeness (QED) is 0.686. The van der Waals surface area contributed by atoms with E-state index < -0.39 is 18.2 Å². The van der Waals surface area contributed by atoms with Crippen LogP contribution in [0.5, 0.6) is 0 Å². The molecule has 2 fully saturated rings. The Balaban J connectivity index is 1.56. The predicted molar refractivity (Wildman–Crippen MR) is 116 cm³/mol.